The van der Waals surface area contributed by atoms with Crippen molar-refractivity contribution in [3.8, 4) is 0 Å². The van der Waals surface area contributed by atoms with Gasteiger partial charge in [-0.25, -0.2) is 0 Å². The molecule has 0 unspecified atom stereocenters. The molecule has 4 nitrogen and oxygen atoms in total. The molecule has 0 aliphatic heterocycles. The molecule has 1 aliphatic carbocycles. The molecule has 1 aliphatic rings. The molecule has 0 saturated heterocycles. The smallest absolute Gasteiger partial charge is 0.256 e. The highest BCUT2D eigenvalue weighted by atomic mass is 16.2. The Hall–Kier alpha value is -2.36. The van der Waals surface area contributed by atoms with Crippen molar-refractivity contribution in [1.82, 2.24) is 9.88 Å². The van der Waals surface area contributed by atoms with E-state index in [1.807, 2.05) is 31.9 Å². The van der Waals surface area contributed by atoms with E-state index in [1.165, 1.54) is 18.1 Å². The Kier molecular flexibility index (Phi) is 4.31. The van der Waals surface area contributed by atoms with E-state index in [1.54, 1.807) is 0 Å². The van der Waals surface area contributed by atoms with E-state index in [9.17, 15) is 9.59 Å². The third-order valence-electron chi connectivity index (χ3n) is 5.13. The van der Waals surface area contributed by atoms with Gasteiger partial charge in [0, 0.05) is 19.7 Å². The van der Waals surface area contributed by atoms with Gasteiger partial charge in [0.15, 0.2) is 5.78 Å². The molecule has 1 amide bonds. The molecule has 0 bridgehead atoms. The van der Waals surface area contributed by atoms with E-state index in [2.05, 4.69) is 23.2 Å². The predicted octanol–water partition coefficient (Wildman–Crippen LogP) is 3.98. The number of aryl methyl sites for hydroxylation is 2. The van der Waals surface area contributed by atoms with Crippen LogP contribution < -0.4 is 0 Å². The second-order valence-corrected chi connectivity index (χ2v) is 6.70. The Morgan fingerprint density at radius 2 is 1.92 bits per heavy atom. The summed E-state index contributed by atoms with van der Waals surface area (Å²) >= 11 is 0. The van der Waals surface area contributed by atoms with Gasteiger partial charge in [0.2, 0.25) is 0 Å². The molecule has 4 heteroatoms. The summed E-state index contributed by atoms with van der Waals surface area (Å²) in [5.41, 5.74) is 5.26. The molecule has 1 aromatic carbocycles. The first-order valence-corrected chi connectivity index (χ1v) is 8.47. The SMILES string of the molecule is CC(=O)c1[nH]c(C)c(C(=O)N(C)[C@H]2CCCc3ccccc32)c1C. The number of Topliss-reactive ketones (excluding diaryl/α,β-unsaturated/α-hetero) is 1. The van der Waals surface area contributed by atoms with Crippen molar-refractivity contribution in [2.24, 2.45) is 0 Å². The van der Waals surface area contributed by atoms with Crippen LogP contribution in [0.4, 0.5) is 0 Å². The van der Waals surface area contributed by atoms with Crippen LogP contribution in [0.15, 0.2) is 24.3 Å². The molecule has 1 heterocycles. The standard InChI is InChI=1S/C20H24N2O2/c1-12-18(13(2)21-19(12)14(3)23)20(24)22(4)17-11-7-9-15-8-5-6-10-16(15)17/h5-6,8,10,17,21H,7,9,11H2,1-4H3/t17-/m0/s1. The minimum atomic E-state index is -0.0414. The van der Waals surface area contributed by atoms with Gasteiger partial charge in [0.05, 0.1) is 17.3 Å². The maximum atomic E-state index is 13.1. The Morgan fingerprint density at radius 1 is 1.21 bits per heavy atom. The highest BCUT2D eigenvalue weighted by molar-refractivity contribution is 6.02. The third kappa shape index (κ3) is 2.66. The second-order valence-electron chi connectivity index (χ2n) is 6.70. The number of carbonyl (C=O) groups is 2. The number of aromatic amines is 1. The minimum absolute atomic E-state index is 0.0181. The van der Waals surface area contributed by atoms with Crippen LogP contribution in [0.25, 0.3) is 0 Å². The van der Waals surface area contributed by atoms with Crippen LogP contribution in [0.3, 0.4) is 0 Å². The first kappa shape index (κ1) is 16.5. The van der Waals surface area contributed by atoms with Crippen LogP contribution in [-0.2, 0) is 6.42 Å². The summed E-state index contributed by atoms with van der Waals surface area (Å²) in [7, 11) is 1.87. The Labute approximate surface area is 142 Å². The van der Waals surface area contributed by atoms with Crippen molar-refractivity contribution >= 4 is 11.7 Å². The van der Waals surface area contributed by atoms with Crippen molar-refractivity contribution in [3.63, 3.8) is 0 Å². The quantitative estimate of drug-likeness (QED) is 0.868. The van der Waals surface area contributed by atoms with E-state index in [0.29, 0.717) is 11.3 Å². The summed E-state index contributed by atoms with van der Waals surface area (Å²) in [4.78, 5) is 29.8. The summed E-state index contributed by atoms with van der Waals surface area (Å²) in [5.74, 6) is -0.0595. The lowest BCUT2D eigenvalue weighted by Gasteiger charge is -2.33. The van der Waals surface area contributed by atoms with Gasteiger partial charge in [-0.3, -0.25) is 9.59 Å². The molecular weight excluding hydrogens is 300 g/mol. The fourth-order valence-electron chi connectivity index (χ4n) is 3.87. The average Bonchev–Trinajstić information content (AvgIpc) is 2.88. The molecule has 0 fully saturated rings. The summed E-state index contributed by atoms with van der Waals surface area (Å²) in [6.07, 6.45) is 3.13. The van der Waals surface area contributed by atoms with E-state index in [0.717, 1.165) is 30.5 Å². The molecule has 0 spiro atoms. The maximum absolute atomic E-state index is 13.1. The zero-order chi connectivity index (χ0) is 17.4. The van der Waals surface area contributed by atoms with Gasteiger partial charge in [-0.2, -0.15) is 0 Å². The van der Waals surface area contributed by atoms with Crippen molar-refractivity contribution in [1.29, 1.82) is 0 Å². The molecular formula is C20H24N2O2. The number of carbonyl (C=O) groups excluding carboxylic acids is 2. The van der Waals surface area contributed by atoms with Gasteiger partial charge in [0.25, 0.3) is 5.91 Å². The van der Waals surface area contributed by atoms with Crippen molar-refractivity contribution in [2.75, 3.05) is 7.05 Å². The lowest BCUT2D eigenvalue weighted by molar-refractivity contribution is 0.0714. The molecule has 1 N–H and O–H groups in total. The molecule has 126 valence electrons. The molecule has 2 aromatic rings. The van der Waals surface area contributed by atoms with E-state index >= 15 is 0 Å². The summed E-state index contributed by atoms with van der Waals surface area (Å²) in [6.45, 7) is 5.22. The number of hydrogen-bond donors (Lipinski definition) is 1. The van der Waals surface area contributed by atoms with E-state index < -0.39 is 0 Å². The number of ketones is 1. The number of fused-ring (bicyclic) bond motifs is 1. The van der Waals surface area contributed by atoms with Gasteiger partial charge in [0.1, 0.15) is 0 Å². The van der Waals surface area contributed by atoms with Crippen LogP contribution in [0.5, 0.6) is 0 Å². The Balaban J connectivity index is 1.96. The first-order valence-electron chi connectivity index (χ1n) is 8.47. The number of H-pyrrole nitrogens is 1. The van der Waals surface area contributed by atoms with Crippen molar-refractivity contribution in [3.05, 3.63) is 57.9 Å². The normalized spacial score (nSPS) is 16.6. The minimum Gasteiger partial charge on any atom is -0.355 e. The molecule has 24 heavy (non-hydrogen) atoms. The van der Waals surface area contributed by atoms with Gasteiger partial charge < -0.3 is 9.88 Å². The topological polar surface area (TPSA) is 53.2 Å². The van der Waals surface area contributed by atoms with E-state index in [-0.39, 0.29) is 17.7 Å². The molecule has 3 rings (SSSR count). The van der Waals surface area contributed by atoms with Crippen molar-refractivity contribution < 1.29 is 9.59 Å². The third-order valence-corrected chi connectivity index (χ3v) is 5.13. The lowest BCUT2D eigenvalue weighted by atomic mass is 9.86. The fraction of sp³-hybridized carbons (Fsp3) is 0.400. The van der Waals surface area contributed by atoms with Crippen LogP contribution in [0.1, 0.15) is 69.0 Å². The number of nitrogens with zero attached hydrogens (tertiary/aromatic N) is 1. The van der Waals surface area contributed by atoms with Gasteiger partial charge in [-0.1, -0.05) is 24.3 Å². The Bertz CT molecular complexity index is 804. The number of nitrogens with one attached hydrogen (secondary N) is 1. The second kappa shape index (κ2) is 6.27. The van der Waals surface area contributed by atoms with Crippen LogP contribution >= 0.6 is 0 Å². The zero-order valence-electron chi connectivity index (χ0n) is 14.8. The van der Waals surface area contributed by atoms with E-state index in [4.69, 9.17) is 0 Å². The predicted molar refractivity (Wildman–Crippen MR) is 94.5 cm³/mol. The largest absolute Gasteiger partial charge is 0.355 e. The summed E-state index contributed by atoms with van der Waals surface area (Å²) in [6, 6.07) is 8.47. The number of rotatable bonds is 3. The van der Waals surface area contributed by atoms with Crippen LogP contribution in [-0.4, -0.2) is 28.6 Å². The molecule has 1 aromatic heterocycles. The summed E-state index contributed by atoms with van der Waals surface area (Å²) in [5, 5.41) is 0. The summed E-state index contributed by atoms with van der Waals surface area (Å²) < 4.78 is 0. The first-order chi connectivity index (χ1) is 11.4. The molecule has 0 radical (unpaired) electrons. The van der Waals surface area contributed by atoms with Gasteiger partial charge in [-0.15, -0.1) is 0 Å². The van der Waals surface area contributed by atoms with Gasteiger partial charge in [-0.05, 0) is 49.8 Å². The highest BCUT2D eigenvalue weighted by Gasteiger charge is 2.30. The number of aromatic nitrogens is 1. The number of benzene rings is 1. The highest BCUT2D eigenvalue weighted by Crippen LogP contribution is 2.35. The lowest BCUT2D eigenvalue weighted by Crippen LogP contribution is -2.33. The zero-order valence-corrected chi connectivity index (χ0v) is 14.8. The maximum Gasteiger partial charge on any atom is 0.256 e. The molecule has 1 atom stereocenters. The average molecular weight is 324 g/mol. The fourth-order valence-corrected chi connectivity index (χ4v) is 3.87. The Morgan fingerprint density at radius 3 is 2.58 bits per heavy atom. The number of hydrogen-bond acceptors (Lipinski definition) is 2. The van der Waals surface area contributed by atoms with Crippen LogP contribution in [0.2, 0.25) is 0 Å². The number of amides is 1. The van der Waals surface area contributed by atoms with Crippen molar-refractivity contribution in [2.45, 2.75) is 46.1 Å². The monoisotopic (exact) mass is 324 g/mol. The molecule has 0 saturated carbocycles. The van der Waals surface area contributed by atoms with Gasteiger partial charge >= 0.3 is 0 Å². The van der Waals surface area contributed by atoms with Crippen LogP contribution in [0, 0.1) is 13.8 Å².